The van der Waals surface area contributed by atoms with Gasteiger partial charge < -0.3 is 24.3 Å². The number of aromatic amines is 1. The number of carbonyl (C=O) groups excluding carboxylic acids is 1. The number of halogens is 1. The molecule has 0 fully saturated rings. The number of pyridine rings is 1. The van der Waals surface area contributed by atoms with Gasteiger partial charge in [-0.1, -0.05) is 29.8 Å². The van der Waals surface area contributed by atoms with Gasteiger partial charge in [-0.25, -0.2) is 9.78 Å². The van der Waals surface area contributed by atoms with Gasteiger partial charge in [-0.05, 0) is 54.8 Å². The minimum Gasteiger partial charge on any atom is -0.505 e. The Bertz CT molecular complexity index is 1380. The van der Waals surface area contributed by atoms with E-state index in [2.05, 4.69) is 9.97 Å². The summed E-state index contributed by atoms with van der Waals surface area (Å²) < 4.78 is 16.0. The van der Waals surface area contributed by atoms with Crippen molar-refractivity contribution in [3.05, 3.63) is 70.0 Å². The second-order valence-corrected chi connectivity index (χ2v) is 8.16. The molecule has 0 radical (unpaired) electrons. The van der Waals surface area contributed by atoms with Crippen LogP contribution in [0.5, 0.6) is 17.2 Å². The molecule has 7 nitrogen and oxygen atoms in total. The highest BCUT2D eigenvalue weighted by atomic mass is 35.5. The number of H-pyrrole nitrogens is 1. The van der Waals surface area contributed by atoms with E-state index in [0.717, 1.165) is 22.4 Å². The Kier molecular flexibility index (Phi) is 5.34. The normalized spacial score (nSPS) is 12.3. The van der Waals surface area contributed by atoms with Crippen LogP contribution in [0.25, 0.3) is 22.2 Å². The molecule has 2 aromatic heterocycles. The fourth-order valence-corrected chi connectivity index (χ4v) is 4.21. The average Bonchev–Trinajstić information content (AvgIpc) is 3.41. The molecule has 33 heavy (non-hydrogen) atoms. The van der Waals surface area contributed by atoms with E-state index >= 15 is 0 Å². The Labute approximate surface area is 194 Å². The van der Waals surface area contributed by atoms with E-state index in [1.807, 2.05) is 37.3 Å². The molecule has 4 aromatic rings. The van der Waals surface area contributed by atoms with Crippen molar-refractivity contribution in [3.8, 4) is 28.5 Å². The summed E-state index contributed by atoms with van der Waals surface area (Å²) in [7, 11) is 0. The summed E-state index contributed by atoms with van der Waals surface area (Å²) >= 11 is 6.05. The van der Waals surface area contributed by atoms with Crippen molar-refractivity contribution >= 4 is 28.5 Å². The molecule has 0 bridgehead atoms. The number of hydrogen-bond acceptors (Lipinski definition) is 6. The fourth-order valence-electron chi connectivity index (χ4n) is 4.09. The number of fused-ring (bicyclic) bond motifs is 2. The Morgan fingerprint density at radius 3 is 2.70 bits per heavy atom. The Morgan fingerprint density at radius 2 is 1.94 bits per heavy atom. The van der Waals surface area contributed by atoms with Crippen LogP contribution in [0.4, 0.5) is 0 Å². The Hall–Kier alpha value is -3.71. The predicted octanol–water partition coefficient (Wildman–Crippen LogP) is 5.39. The van der Waals surface area contributed by atoms with Gasteiger partial charge in [-0.3, -0.25) is 0 Å². The molecule has 3 heterocycles. The van der Waals surface area contributed by atoms with E-state index < -0.39 is 5.97 Å². The second kappa shape index (κ2) is 8.33. The number of esters is 1. The molecule has 168 valence electrons. The second-order valence-electron chi connectivity index (χ2n) is 7.72. The van der Waals surface area contributed by atoms with Gasteiger partial charge in [0.2, 0.25) is 6.79 Å². The number of aromatic hydroxyl groups is 1. The van der Waals surface area contributed by atoms with Crippen LogP contribution in [0, 0.1) is 6.92 Å². The van der Waals surface area contributed by atoms with Crippen LogP contribution in [0.2, 0.25) is 5.02 Å². The smallest absolute Gasteiger partial charge is 0.360 e. The van der Waals surface area contributed by atoms with Gasteiger partial charge in [0.25, 0.3) is 0 Å². The number of nitrogens with zero attached hydrogens (tertiary/aromatic N) is 1. The molecule has 0 saturated heterocycles. The van der Waals surface area contributed by atoms with Gasteiger partial charge in [0.1, 0.15) is 0 Å². The minimum absolute atomic E-state index is 0.107. The van der Waals surface area contributed by atoms with Crippen LogP contribution in [0.15, 0.2) is 42.5 Å². The largest absolute Gasteiger partial charge is 0.505 e. The van der Waals surface area contributed by atoms with Crippen molar-refractivity contribution in [3.63, 3.8) is 0 Å². The van der Waals surface area contributed by atoms with Gasteiger partial charge >= 0.3 is 5.97 Å². The van der Waals surface area contributed by atoms with Crippen molar-refractivity contribution in [2.75, 3.05) is 13.4 Å². The molecule has 0 spiro atoms. The Morgan fingerprint density at radius 1 is 1.18 bits per heavy atom. The molecule has 1 aliphatic rings. The van der Waals surface area contributed by atoms with Gasteiger partial charge in [-0.2, -0.15) is 0 Å². The number of hydrogen-bond donors (Lipinski definition) is 2. The third kappa shape index (κ3) is 3.74. The molecular weight excluding hydrogens is 444 g/mol. The summed E-state index contributed by atoms with van der Waals surface area (Å²) in [5, 5.41) is 12.2. The molecule has 1 aliphatic heterocycles. The third-order valence-corrected chi connectivity index (χ3v) is 5.91. The predicted molar refractivity (Wildman–Crippen MR) is 124 cm³/mol. The number of benzene rings is 2. The van der Waals surface area contributed by atoms with Gasteiger partial charge in [-0.15, -0.1) is 0 Å². The van der Waals surface area contributed by atoms with Crippen molar-refractivity contribution < 1.29 is 24.1 Å². The number of rotatable bonds is 5. The van der Waals surface area contributed by atoms with Crippen molar-refractivity contribution in [1.29, 1.82) is 0 Å². The van der Waals surface area contributed by atoms with Crippen molar-refractivity contribution in [2.24, 2.45) is 0 Å². The standard InChI is InChI=1S/C25H21ClN2O5/c1-3-31-25(30)23-24(29)20-13(2)21(15-5-7-16(26)8-6-15)28-22(20)17(27-23)10-14-4-9-18-19(11-14)33-12-32-18/h4-9,11,28-29H,3,10,12H2,1-2H3. The van der Waals surface area contributed by atoms with E-state index in [1.54, 1.807) is 19.1 Å². The lowest BCUT2D eigenvalue weighted by atomic mass is 10.0. The molecule has 0 saturated carbocycles. The first-order valence-electron chi connectivity index (χ1n) is 10.5. The van der Waals surface area contributed by atoms with E-state index in [4.69, 9.17) is 25.8 Å². The molecule has 5 rings (SSSR count). The molecule has 0 aliphatic carbocycles. The first kappa shape index (κ1) is 21.2. The average molecular weight is 465 g/mol. The topological polar surface area (TPSA) is 93.7 Å². The first-order chi connectivity index (χ1) is 16.0. The van der Waals surface area contributed by atoms with E-state index in [9.17, 15) is 9.90 Å². The molecule has 0 atom stereocenters. The lowest BCUT2D eigenvalue weighted by Gasteiger charge is -2.10. The van der Waals surface area contributed by atoms with Crippen LogP contribution in [-0.2, 0) is 11.2 Å². The van der Waals surface area contributed by atoms with E-state index in [-0.39, 0.29) is 24.8 Å². The summed E-state index contributed by atoms with van der Waals surface area (Å²) in [6.07, 6.45) is 0.403. The van der Waals surface area contributed by atoms with Crippen molar-refractivity contribution in [1.82, 2.24) is 9.97 Å². The zero-order valence-corrected chi connectivity index (χ0v) is 18.8. The van der Waals surface area contributed by atoms with Crippen LogP contribution >= 0.6 is 11.6 Å². The molecule has 0 amide bonds. The van der Waals surface area contributed by atoms with Crippen molar-refractivity contribution in [2.45, 2.75) is 20.3 Å². The summed E-state index contributed by atoms with van der Waals surface area (Å²) in [5.74, 6) is 0.484. The maximum Gasteiger partial charge on any atom is 0.360 e. The highest BCUT2D eigenvalue weighted by molar-refractivity contribution is 6.30. The van der Waals surface area contributed by atoms with Gasteiger partial charge in [0.05, 0.1) is 17.8 Å². The molecule has 8 heteroatoms. The van der Waals surface area contributed by atoms with Crippen LogP contribution < -0.4 is 9.47 Å². The van der Waals surface area contributed by atoms with Crippen LogP contribution in [-0.4, -0.2) is 34.4 Å². The zero-order chi connectivity index (χ0) is 23.1. The quantitative estimate of drug-likeness (QED) is 0.384. The summed E-state index contributed by atoms with van der Waals surface area (Å²) in [4.78, 5) is 20.5. The maximum absolute atomic E-state index is 12.6. The number of nitrogens with one attached hydrogen (secondary N) is 1. The van der Waals surface area contributed by atoms with E-state index in [1.165, 1.54) is 0 Å². The summed E-state index contributed by atoms with van der Waals surface area (Å²) in [6.45, 7) is 3.97. The fraction of sp³-hybridized carbons (Fsp3) is 0.200. The summed E-state index contributed by atoms with van der Waals surface area (Å²) in [6, 6.07) is 13.1. The summed E-state index contributed by atoms with van der Waals surface area (Å²) in [5.41, 5.74) is 4.59. The van der Waals surface area contributed by atoms with Crippen LogP contribution in [0.1, 0.15) is 34.2 Å². The number of carbonyl (C=O) groups is 1. The number of aryl methyl sites for hydroxylation is 1. The molecule has 0 unspecified atom stereocenters. The monoisotopic (exact) mass is 464 g/mol. The molecule has 2 aromatic carbocycles. The lowest BCUT2D eigenvalue weighted by Crippen LogP contribution is -2.10. The molecular formula is C25H21ClN2O5. The van der Waals surface area contributed by atoms with Crippen LogP contribution in [0.3, 0.4) is 0 Å². The van der Waals surface area contributed by atoms with Gasteiger partial charge in [0.15, 0.2) is 22.9 Å². The number of aromatic nitrogens is 2. The zero-order valence-electron chi connectivity index (χ0n) is 18.1. The third-order valence-electron chi connectivity index (χ3n) is 5.66. The highest BCUT2D eigenvalue weighted by Gasteiger charge is 2.25. The van der Waals surface area contributed by atoms with E-state index in [0.29, 0.717) is 39.5 Å². The first-order valence-corrected chi connectivity index (χ1v) is 10.9. The SMILES string of the molecule is CCOC(=O)c1nc(Cc2ccc3c(c2)OCO3)c2[nH]c(-c3ccc(Cl)cc3)c(C)c2c1O. The van der Waals surface area contributed by atoms with Gasteiger partial charge in [0, 0.05) is 22.5 Å². The Balaban J connectivity index is 1.69. The molecule has 2 N–H and O–H groups in total. The number of ether oxygens (including phenoxy) is 3. The maximum atomic E-state index is 12.6. The highest BCUT2D eigenvalue weighted by Crippen LogP contribution is 2.39. The minimum atomic E-state index is -0.669. The lowest BCUT2D eigenvalue weighted by molar-refractivity contribution is 0.0516.